The molecule has 0 N–H and O–H groups in total. The minimum atomic E-state index is -0.514. The van der Waals surface area contributed by atoms with Crippen molar-refractivity contribution in [1.82, 2.24) is 4.90 Å². The Bertz CT molecular complexity index is 480. The van der Waals surface area contributed by atoms with Gasteiger partial charge in [-0.25, -0.2) is 0 Å². The SMILES string of the molecule is C=CCN(CC=C)C(C#N)c1ccc([N+](=O)[O-])s1. The van der Waals surface area contributed by atoms with Crippen molar-refractivity contribution in [2.24, 2.45) is 0 Å². The number of hydrogen-bond donors (Lipinski definition) is 0. The minimum absolute atomic E-state index is 0.0439. The van der Waals surface area contributed by atoms with E-state index in [1.165, 1.54) is 6.07 Å². The molecule has 0 radical (unpaired) electrons. The Kier molecular flexibility index (Phi) is 5.24. The summed E-state index contributed by atoms with van der Waals surface area (Å²) in [5.74, 6) is 0. The van der Waals surface area contributed by atoms with Gasteiger partial charge in [-0.05, 0) is 6.07 Å². The second-order valence-corrected chi connectivity index (χ2v) is 4.59. The van der Waals surface area contributed by atoms with Crippen LogP contribution in [0, 0.1) is 21.4 Å². The molecule has 6 heteroatoms. The molecule has 1 heterocycles. The fourth-order valence-corrected chi connectivity index (χ4v) is 2.43. The lowest BCUT2D eigenvalue weighted by molar-refractivity contribution is -0.380. The highest BCUT2D eigenvalue weighted by Crippen LogP contribution is 2.31. The molecule has 0 bridgehead atoms. The number of nitriles is 1. The predicted octanol–water partition coefficient (Wildman–Crippen LogP) is 2.89. The molecule has 94 valence electrons. The Labute approximate surface area is 109 Å². The number of rotatable bonds is 7. The zero-order chi connectivity index (χ0) is 13.5. The third-order valence-corrected chi connectivity index (χ3v) is 3.37. The van der Waals surface area contributed by atoms with Crippen molar-refractivity contribution in [2.45, 2.75) is 6.04 Å². The van der Waals surface area contributed by atoms with Gasteiger partial charge in [0.1, 0.15) is 6.04 Å². The summed E-state index contributed by atoms with van der Waals surface area (Å²) in [5.41, 5.74) is 0. The highest BCUT2D eigenvalue weighted by Gasteiger charge is 2.22. The topological polar surface area (TPSA) is 70.2 Å². The van der Waals surface area contributed by atoms with Gasteiger partial charge < -0.3 is 0 Å². The number of thiophene rings is 1. The number of nitrogens with zero attached hydrogens (tertiary/aromatic N) is 3. The maximum Gasteiger partial charge on any atom is 0.324 e. The molecule has 0 spiro atoms. The van der Waals surface area contributed by atoms with E-state index in [9.17, 15) is 15.4 Å². The van der Waals surface area contributed by atoms with Crippen LogP contribution >= 0.6 is 11.3 Å². The molecule has 5 nitrogen and oxygen atoms in total. The zero-order valence-electron chi connectivity index (χ0n) is 9.78. The van der Waals surface area contributed by atoms with Gasteiger partial charge >= 0.3 is 5.00 Å². The van der Waals surface area contributed by atoms with Crippen molar-refractivity contribution in [2.75, 3.05) is 13.1 Å². The maximum absolute atomic E-state index is 10.6. The van der Waals surface area contributed by atoms with Gasteiger partial charge in [0.2, 0.25) is 0 Å². The van der Waals surface area contributed by atoms with Crippen molar-refractivity contribution in [1.29, 1.82) is 5.26 Å². The Morgan fingerprint density at radius 2 is 2.11 bits per heavy atom. The molecule has 1 aromatic heterocycles. The molecular weight excluding hydrogens is 250 g/mol. The molecule has 1 rings (SSSR count). The largest absolute Gasteiger partial charge is 0.324 e. The van der Waals surface area contributed by atoms with Crippen LogP contribution in [0.5, 0.6) is 0 Å². The summed E-state index contributed by atoms with van der Waals surface area (Å²) in [4.78, 5) is 12.7. The summed E-state index contributed by atoms with van der Waals surface area (Å²) < 4.78 is 0. The van der Waals surface area contributed by atoms with Crippen molar-refractivity contribution in [3.8, 4) is 6.07 Å². The Morgan fingerprint density at radius 1 is 1.50 bits per heavy atom. The Balaban J connectivity index is 2.99. The molecule has 0 fully saturated rings. The summed E-state index contributed by atoms with van der Waals surface area (Å²) in [5, 5.41) is 19.9. The average molecular weight is 263 g/mol. The standard InChI is InChI=1S/C12H13N3O2S/c1-3-7-14(8-4-2)10(9-13)11-5-6-12(18-11)15(16)17/h3-6,10H,1-2,7-8H2. The zero-order valence-corrected chi connectivity index (χ0v) is 10.6. The van der Waals surface area contributed by atoms with Crippen molar-refractivity contribution in [3.05, 3.63) is 52.4 Å². The Morgan fingerprint density at radius 3 is 2.50 bits per heavy atom. The van der Waals surface area contributed by atoms with Gasteiger partial charge in [0.25, 0.3) is 0 Å². The third kappa shape index (κ3) is 3.26. The van der Waals surface area contributed by atoms with Gasteiger partial charge in [0.15, 0.2) is 0 Å². The molecule has 0 aliphatic rings. The van der Waals surface area contributed by atoms with Crippen molar-refractivity contribution >= 4 is 16.3 Å². The third-order valence-electron chi connectivity index (χ3n) is 2.28. The van der Waals surface area contributed by atoms with Crippen LogP contribution in [0.3, 0.4) is 0 Å². The van der Waals surface area contributed by atoms with E-state index in [4.69, 9.17) is 0 Å². The van der Waals surface area contributed by atoms with E-state index in [2.05, 4.69) is 19.2 Å². The number of nitro groups is 1. The first-order valence-electron chi connectivity index (χ1n) is 5.23. The lowest BCUT2D eigenvalue weighted by atomic mass is 10.2. The second-order valence-electron chi connectivity index (χ2n) is 3.50. The molecular formula is C12H13N3O2S. The fraction of sp³-hybridized carbons (Fsp3) is 0.250. The first-order valence-corrected chi connectivity index (χ1v) is 6.05. The predicted molar refractivity (Wildman–Crippen MR) is 71.3 cm³/mol. The summed E-state index contributed by atoms with van der Waals surface area (Å²) >= 11 is 1.02. The first kappa shape index (κ1) is 14.1. The molecule has 0 saturated carbocycles. The summed E-state index contributed by atoms with van der Waals surface area (Å²) in [6.45, 7) is 8.32. The highest BCUT2D eigenvalue weighted by molar-refractivity contribution is 7.15. The van der Waals surface area contributed by atoms with Crippen LogP contribution in [0.15, 0.2) is 37.4 Å². The summed E-state index contributed by atoms with van der Waals surface area (Å²) in [6.07, 6.45) is 3.38. The van der Waals surface area contributed by atoms with Crippen LogP contribution in [0.4, 0.5) is 5.00 Å². The lowest BCUT2D eigenvalue weighted by Crippen LogP contribution is -2.27. The molecule has 0 saturated heterocycles. The van der Waals surface area contributed by atoms with Gasteiger partial charge in [-0.15, -0.1) is 13.2 Å². The molecule has 1 atom stereocenters. The van der Waals surface area contributed by atoms with Crippen LogP contribution < -0.4 is 0 Å². The van der Waals surface area contributed by atoms with E-state index in [0.717, 1.165) is 11.3 Å². The van der Waals surface area contributed by atoms with Gasteiger partial charge in [0, 0.05) is 24.0 Å². The summed E-state index contributed by atoms with van der Waals surface area (Å²) in [6, 6.07) is 4.69. The van der Waals surface area contributed by atoms with Gasteiger partial charge in [0.05, 0.1) is 11.0 Å². The van der Waals surface area contributed by atoms with Crippen LogP contribution in [0.2, 0.25) is 0 Å². The smallest absolute Gasteiger partial charge is 0.276 e. The van der Waals surface area contributed by atoms with Crippen LogP contribution in [0.25, 0.3) is 0 Å². The molecule has 1 aromatic rings. The second kappa shape index (κ2) is 6.69. The molecule has 0 amide bonds. The van der Waals surface area contributed by atoms with Crippen molar-refractivity contribution < 1.29 is 4.92 Å². The first-order chi connectivity index (χ1) is 8.63. The summed E-state index contributed by atoms with van der Waals surface area (Å²) in [7, 11) is 0. The lowest BCUT2D eigenvalue weighted by Gasteiger charge is -2.23. The normalized spacial score (nSPS) is 11.8. The molecule has 0 aliphatic carbocycles. The van der Waals surface area contributed by atoms with Gasteiger partial charge in [-0.1, -0.05) is 23.5 Å². The van der Waals surface area contributed by atoms with E-state index < -0.39 is 11.0 Å². The van der Waals surface area contributed by atoms with Crippen molar-refractivity contribution in [3.63, 3.8) is 0 Å². The maximum atomic E-state index is 10.6. The van der Waals surface area contributed by atoms with Crippen LogP contribution in [-0.2, 0) is 0 Å². The molecule has 0 aromatic carbocycles. The van der Waals surface area contributed by atoms with E-state index in [-0.39, 0.29) is 5.00 Å². The van der Waals surface area contributed by atoms with E-state index in [1.54, 1.807) is 18.2 Å². The molecule has 18 heavy (non-hydrogen) atoms. The Hall–Kier alpha value is -1.97. The number of hydrogen-bond acceptors (Lipinski definition) is 5. The van der Waals surface area contributed by atoms with Gasteiger partial charge in [-0.2, -0.15) is 5.26 Å². The monoisotopic (exact) mass is 263 g/mol. The van der Waals surface area contributed by atoms with Gasteiger partial charge in [-0.3, -0.25) is 15.0 Å². The van der Waals surface area contributed by atoms with E-state index in [0.29, 0.717) is 18.0 Å². The fourth-order valence-electron chi connectivity index (χ4n) is 1.53. The van der Waals surface area contributed by atoms with Crippen LogP contribution in [0.1, 0.15) is 10.9 Å². The quantitative estimate of drug-likeness (QED) is 0.431. The molecule has 1 unspecified atom stereocenters. The minimum Gasteiger partial charge on any atom is -0.276 e. The van der Waals surface area contributed by atoms with E-state index >= 15 is 0 Å². The molecule has 0 aliphatic heterocycles. The van der Waals surface area contributed by atoms with Crippen LogP contribution in [-0.4, -0.2) is 22.9 Å². The highest BCUT2D eigenvalue weighted by atomic mass is 32.1. The average Bonchev–Trinajstić information content (AvgIpc) is 2.80. The van der Waals surface area contributed by atoms with E-state index in [1.807, 2.05) is 4.90 Å².